The predicted molar refractivity (Wildman–Crippen MR) is 54.3 cm³/mol. The van der Waals surface area contributed by atoms with E-state index in [0.717, 1.165) is 17.4 Å². The fraction of sp³-hybridized carbons (Fsp3) is 0.667. The topological polar surface area (TPSA) is 17.8 Å². The maximum absolute atomic E-state index is 4.34. The Kier molecular flexibility index (Phi) is 3.32. The summed E-state index contributed by atoms with van der Waals surface area (Å²) in [6.45, 7) is 6.52. The molecular weight excluding hydrogens is 216 g/mol. The van der Waals surface area contributed by atoms with E-state index in [0.29, 0.717) is 6.04 Å². The molecular formula is C9H15BrN2. The van der Waals surface area contributed by atoms with Crippen molar-refractivity contribution in [1.29, 1.82) is 0 Å². The van der Waals surface area contributed by atoms with Gasteiger partial charge in [-0.2, -0.15) is 0 Å². The van der Waals surface area contributed by atoms with Crippen LogP contribution in [0.4, 0.5) is 0 Å². The van der Waals surface area contributed by atoms with E-state index in [2.05, 4.69) is 46.3 Å². The summed E-state index contributed by atoms with van der Waals surface area (Å²) in [6, 6.07) is 0.489. The molecule has 2 nitrogen and oxygen atoms in total. The van der Waals surface area contributed by atoms with Crippen molar-refractivity contribution >= 4 is 15.9 Å². The SMILES string of the molecule is CCCc1ncc(Br)n1C(C)C. The summed E-state index contributed by atoms with van der Waals surface area (Å²) in [7, 11) is 0. The van der Waals surface area contributed by atoms with E-state index in [1.165, 1.54) is 5.82 Å². The van der Waals surface area contributed by atoms with Gasteiger partial charge in [-0.1, -0.05) is 6.92 Å². The van der Waals surface area contributed by atoms with Crippen LogP contribution in [0.3, 0.4) is 0 Å². The molecule has 12 heavy (non-hydrogen) atoms. The van der Waals surface area contributed by atoms with Crippen LogP contribution in [0.25, 0.3) is 0 Å². The largest absolute Gasteiger partial charge is 0.320 e. The van der Waals surface area contributed by atoms with E-state index in [4.69, 9.17) is 0 Å². The van der Waals surface area contributed by atoms with Crippen molar-refractivity contribution in [2.45, 2.75) is 39.7 Å². The number of hydrogen-bond acceptors (Lipinski definition) is 1. The Bertz CT molecular complexity index is 253. The summed E-state index contributed by atoms with van der Waals surface area (Å²) < 4.78 is 3.31. The highest BCUT2D eigenvalue weighted by atomic mass is 79.9. The van der Waals surface area contributed by atoms with Crippen LogP contribution in [0.5, 0.6) is 0 Å². The summed E-state index contributed by atoms with van der Waals surface area (Å²) in [5, 5.41) is 0. The molecule has 1 rings (SSSR count). The van der Waals surface area contributed by atoms with Gasteiger partial charge in [-0.15, -0.1) is 0 Å². The summed E-state index contributed by atoms with van der Waals surface area (Å²) >= 11 is 3.49. The number of halogens is 1. The van der Waals surface area contributed by atoms with E-state index in [1.807, 2.05) is 6.20 Å². The van der Waals surface area contributed by atoms with E-state index in [-0.39, 0.29) is 0 Å². The molecule has 0 atom stereocenters. The van der Waals surface area contributed by atoms with Gasteiger partial charge in [0.15, 0.2) is 0 Å². The minimum absolute atomic E-state index is 0.489. The van der Waals surface area contributed by atoms with Gasteiger partial charge < -0.3 is 4.57 Å². The molecule has 0 radical (unpaired) electrons. The predicted octanol–water partition coefficient (Wildman–Crippen LogP) is 3.18. The second kappa shape index (κ2) is 4.08. The Hall–Kier alpha value is -0.310. The van der Waals surface area contributed by atoms with Crippen LogP contribution < -0.4 is 0 Å². The zero-order valence-electron chi connectivity index (χ0n) is 7.84. The lowest BCUT2D eigenvalue weighted by Crippen LogP contribution is -2.06. The van der Waals surface area contributed by atoms with E-state index in [9.17, 15) is 0 Å². The number of hydrogen-bond donors (Lipinski definition) is 0. The van der Waals surface area contributed by atoms with E-state index < -0.39 is 0 Å². The third-order valence-electron chi connectivity index (χ3n) is 1.82. The molecule has 0 spiro atoms. The number of nitrogens with zero attached hydrogens (tertiary/aromatic N) is 2. The van der Waals surface area contributed by atoms with Gasteiger partial charge in [0, 0.05) is 12.5 Å². The first-order valence-electron chi connectivity index (χ1n) is 4.38. The highest BCUT2D eigenvalue weighted by molar-refractivity contribution is 9.10. The van der Waals surface area contributed by atoms with Crippen LogP contribution in [-0.4, -0.2) is 9.55 Å². The molecule has 0 N–H and O–H groups in total. The fourth-order valence-electron chi connectivity index (χ4n) is 1.33. The lowest BCUT2D eigenvalue weighted by molar-refractivity contribution is 0.555. The van der Waals surface area contributed by atoms with Crippen LogP contribution in [0.15, 0.2) is 10.8 Å². The normalized spacial score (nSPS) is 11.1. The number of aromatic nitrogens is 2. The van der Waals surface area contributed by atoms with Crippen molar-refractivity contribution in [2.24, 2.45) is 0 Å². The third-order valence-corrected chi connectivity index (χ3v) is 2.41. The molecule has 0 aliphatic rings. The first kappa shape index (κ1) is 9.78. The second-order valence-corrected chi connectivity index (χ2v) is 4.02. The molecule has 1 heterocycles. The molecule has 0 bridgehead atoms. The van der Waals surface area contributed by atoms with Crippen LogP contribution in [0.2, 0.25) is 0 Å². The van der Waals surface area contributed by atoms with Gasteiger partial charge in [0.2, 0.25) is 0 Å². The van der Waals surface area contributed by atoms with Crippen molar-refractivity contribution in [2.75, 3.05) is 0 Å². The quantitative estimate of drug-likeness (QED) is 0.781. The van der Waals surface area contributed by atoms with Crippen molar-refractivity contribution in [1.82, 2.24) is 9.55 Å². The molecule has 0 fully saturated rings. The molecule has 0 aromatic carbocycles. The Balaban J connectivity index is 2.95. The first-order chi connectivity index (χ1) is 5.66. The minimum Gasteiger partial charge on any atom is -0.320 e. The van der Waals surface area contributed by atoms with Crippen molar-refractivity contribution in [3.63, 3.8) is 0 Å². The first-order valence-corrected chi connectivity index (χ1v) is 5.17. The highest BCUT2D eigenvalue weighted by Gasteiger charge is 2.09. The van der Waals surface area contributed by atoms with Crippen LogP contribution in [-0.2, 0) is 6.42 Å². The van der Waals surface area contributed by atoms with Crippen molar-refractivity contribution in [3.05, 3.63) is 16.6 Å². The van der Waals surface area contributed by atoms with Gasteiger partial charge in [-0.3, -0.25) is 0 Å². The Morgan fingerprint density at radius 1 is 1.58 bits per heavy atom. The molecule has 0 saturated carbocycles. The molecule has 0 saturated heterocycles. The lowest BCUT2D eigenvalue weighted by Gasteiger charge is -2.12. The van der Waals surface area contributed by atoms with E-state index in [1.54, 1.807) is 0 Å². The molecule has 0 amide bonds. The third kappa shape index (κ3) is 1.89. The summed E-state index contributed by atoms with van der Waals surface area (Å²) in [5.41, 5.74) is 0. The Morgan fingerprint density at radius 3 is 2.75 bits per heavy atom. The minimum atomic E-state index is 0.489. The summed E-state index contributed by atoms with van der Waals surface area (Å²) in [4.78, 5) is 4.34. The fourth-order valence-corrected chi connectivity index (χ4v) is 2.05. The molecule has 3 heteroatoms. The van der Waals surface area contributed by atoms with Gasteiger partial charge in [0.25, 0.3) is 0 Å². The summed E-state index contributed by atoms with van der Waals surface area (Å²) in [5.74, 6) is 1.18. The molecule has 0 aliphatic heterocycles. The smallest absolute Gasteiger partial charge is 0.109 e. The van der Waals surface area contributed by atoms with Crippen molar-refractivity contribution in [3.8, 4) is 0 Å². The zero-order valence-corrected chi connectivity index (χ0v) is 9.43. The van der Waals surface area contributed by atoms with Crippen LogP contribution in [0, 0.1) is 0 Å². The number of rotatable bonds is 3. The maximum atomic E-state index is 4.34. The maximum Gasteiger partial charge on any atom is 0.109 e. The standard InChI is InChI=1S/C9H15BrN2/c1-4-5-9-11-6-8(10)12(9)7(2)3/h6-7H,4-5H2,1-3H3. The zero-order chi connectivity index (χ0) is 9.14. The van der Waals surface area contributed by atoms with Gasteiger partial charge >= 0.3 is 0 Å². The average molecular weight is 231 g/mol. The second-order valence-electron chi connectivity index (χ2n) is 3.21. The monoisotopic (exact) mass is 230 g/mol. The molecule has 68 valence electrons. The molecule has 1 aromatic rings. The number of imidazole rings is 1. The average Bonchev–Trinajstić information content (AvgIpc) is 2.32. The van der Waals surface area contributed by atoms with Gasteiger partial charge in [0.1, 0.15) is 10.4 Å². The Labute approximate surface area is 82.1 Å². The van der Waals surface area contributed by atoms with Crippen LogP contribution in [0.1, 0.15) is 39.1 Å². The Morgan fingerprint density at radius 2 is 2.25 bits per heavy atom. The molecule has 0 unspecified atom stereocenters. The lowest BCUT2D eigenvalue weighted by atomic mass is 10.3. The highest BCUT2D eigenvalue weighted by Crippen LogP contribution is 2.19. The van der Waals surface area contributed by atoms with Gasteiger partial charge in [-0.25, -0.2) is 4.98 Å². The van der Waals surface area contributed by atoms with Crippen molar-refractivity contribution < 1.29 is 0 Å². The molecule has 1 aromatic heterocycles. The van der Waals surface area contributed by atoms with E-state index >= 15 is 0 Å². The summed E-state index contributed by atoms with van der Waals surface area (Å²) in [6.07, 6.45) is 4.09. The molecule has 0 aliphatic carbocycles. The van der Waals surface area contributed by atoms with Gasteiger partial charge in [0.05, 0.1) is 6.20 Å². The van der Waals surface area contributed by atoms with Gasteiger partial charge in [-0.05, 0) is 36.2 Å². The van der Waals surface area contributed by atoms with Crippen LogP contribution >= 0.6 is 15.9 Å². The number of aryl methyl sites for hydroxylation is 1.